The zero-order valence-corrected chi connectivity index (χ0v) is 10.9. The molecular formula is C12H20ClN3. The molecule has 16 heavy (non-hydrogen) atoms. The van der Waals surface area contributed by atoms with Crippen LogP contribution < -0.4 is 0 Å². The summed E-state index contributed by atoms with van der Waals surface area (Å²) in [6.45, 7) is 5.35. The van der Waals surface area contributed by atoms with Crippen molar-refractivity contribution >= 4 is 11.6 Å². The minimum absolute atomic E-state index is 0.309. The van der Waals surface area contributed by atoms with E-state index in [-0.39, 0.29) is 0 Å². The van der Waals surface area contributed by atoms with E-state index in [9.17, 15) is 0 Å². The van der Waals surface area contributed by atoms with Gasteiger partial charge < -0.3 is 0 Å². The van der Waals surface area contributed by atoms with Gasteiger partial charge in [0.15, 0.2) is 0 Å². The van der Waals surface area contributed by atoms with Gasteiger partial charge in [-0.15, -0.1) is 11.6 Å². The van der Waals surface area contributed by atoms with E-state index in [0.29, 0.717) is 11.3 Å². The minimum Gasteiger partial charge on any atom is -0.250 e. The molecule has 4 heteroatoms. The van der Waals surface area contributed by atoms with Crippen molar-refractivity contribution in [1.29, 1.82) is 0 Å². The van der Waals surface area contributed by atoms with Gasteiger partial charge in [0.1, 0.15) is 12.2 Å². The quantitative estimate of drug-likeness (QED) is 0.743. The molecule has 90 valence electrons. The molecule has 0 bridgehead atoms. The van der Waals surface area contributed by atoms with Crippen molar-refractivity contribution in [2.75, 3.05) is 5.88 Å². The molecule has 3 nitrogen and oxygen atoms in total. The Bertz CT molecular complexity index is 336. The lowest BCUT2D eigenvalue weighted by molar-refractivity contribution is 0.159. The van der Waals surface area contributed by atoms with Gasteiger partial charge in [-0.1, -0.05) is 20.3 Å². The zero-order chi connectivity index (χ0) is 11.6. The Morgan fingerprint density at radius 2 is 2.25 bits per heavy atom. The van der Waals surface area contributed by atoms with Gasteiger partial charge in [-0.2, -0.15) is 5.10 Å². The van der Waals surface area contributed by atoms with Crippen molar-refractivity contribution in [2.45, 2.75) is 46.1 Å². The van der Waals surface area contributed by atoms with Crippen LogP contribution in [-0.2, 0) is 13.0 Å². The molecule has 2 rings (SSSR count). The van der Waals surface area contributed by atoms with Crippen LogP contribution in [0.3, 0.4) is 0 Å². The van der Waals surface area contributed by atoms with E-state index >= 15 is 0 Å². The van der Waals surface area contributed by atoms with Crippen LogP contribution in [0.2, 0.25) is 0 Å². The fourth-order valence-electron chi connectivity index (χ4n) is 2.29. The fourth-order valence-corrected chi connectivity index (χ4v) is 2.65. The largest absolute Gasteiger partial charge is 0.250 e. The second-order valence-corrected chi connectivity index (χ2v) is 5.68. The summed E-state index contributed by atoms with van der Waals surface area (Å²) < 4.78 is 2.04. The fraction of sp³-hybridized carbons (Fsp3) is 0.833. The monoisotopic (exact) mass is 241 g/mol. The second-order valence-electron chi connectivity index (χ2n) is 5.42. The third-order valence-corrected chi connectivity index (χ3v) is 4.03. The van der Waals surface area contributed by atoms with E-state index < -0.39 is 0 Å². The average Bonchev–Trinajstić information content (AvgIpc) is 2.58. The van der Waals surface area contributed by atoms with Crippen LogP contribution >= 0.6 is 11.6 Å². The normalized spacial score (nSPS) is 18.8. The van der Waals surface area contributed by atoms with E-state index in [0.717, 1.165) is 24.7 Å². The molecule has 0 amide bonds. The number of hydrogen-bond donors (Lipinski definition) is 0. The van der Waals surface area contributed by atoms with Gasteiger partial charge in [0.2, 0.25) is 0 Å². The molecule has 1 fully saturated rings. The summed E-state index contributed by atoms with van der Waals surface area (Å²) in [6.07, 6.45) is 6.45. The Labute approximate surface area is 102 Å². The van der Waals surface area contributed by atoms with Crippen LogP contribution in [0.25, 0.3) is 0 Å². The van der Waals surface area contributed by atoms with E-state index in [1.807, 2.05) is 4.68 Å². The van der Waals surface area contributed by atoms with Gasteiger partial charge in [0, 0.05) is 18.8 Å². The molecule has 1 aliphatic rings. The number of hydrogen-bond acceptors (Lipinski definition) is 2. The molecule has 1 aliphatic carbocycles. The Morgan fingerprint density at radius 3 is 2.75 bits per heavy atom. The van der Waals surface area contributed by atoms with Gasteiger partial charge in [-0.25, -0.2) is 9.67 Å². The lowest BCUT2D eigenvalue weighted by atomic mass is 9.68. The summed E-state index contributed by atoms with van der Waals surface area (Å²) >= 11 is 6.08. The number of nitrogens with zero attached hydrogens (tertiary/aromatic N) is 3. The van der Waals surface area contributed by atoms with Gasteiger partial charge in [-0.3, -0.25) is 0 Å². The number of aromatic nitrogens is 3. The van der Waals surface area contributed by atoms with Gasteiger partial charge in [-0.05, 0) is 24.2 Å². The maximum absolute atomic E-state index is 6.08. The molecular weight excluding hydrogens is 222 g/mol. The Kier molecular flexibility index (Phi) is 3.53. The van der Waals surface area contributed by atoms with Crippen molar-refractivity contribution < 1.29 is 0 Å². The van der Waals surface area contributed by atoms with E-state index in [1.54, 1.807) is 6.33 Å². The van der Waals surface area contributed by atoms with Crippen LogP contribution in [0.5, 0.6) is 0 Å². The van der Waals surface area contributed by atoms with Gasteiger partial charge in [0.05, 0.1) is 0 Å². The van der Waals surface area contributed by atoms with Crippen molar-refractivity contribution in [3.63, 3.8) is 0 Å². The smallest absolute Gasteiger partial charge is 0.138 e. The Balaban J connectivity index is 2.06. The summed E-state index contributed by atoms with van der Waals surface area (Å²) in [6, 6.07) is 0. The van der Waals surface area contributed by atoms with Crippen LogP contribution in [0.1, 0.15) is 38.9 Å². The SMILES string of the molecule is CC(C)Cn1ncnc1CC1(CCl)CCC1. The van der Waals surface area contributed by atoms with Crippen molar-refractivity contribution in [2.24, 2.45) is 11.3 Å². The van der Waals surface area contributed by atoms with E-state index in [1.165, 1.54) is 19.3 Å². The molecule has 0 atom stereocenters. The Morgan fingerprint density at radius 1 is 1.50 bits per heavy atom. The molecule has 1 aromatic rings. The molecule has 0 saturated heterocycles. The van der Waals surface area contributed by atoms with Crippen LogP contribution in [0, 0.1) is 11.3 Å². The molecule has 0 radical (unpaired) electrons. The average molecular weight is 242 g/mol. The summed E-state index contributed by atoms with van der Waals surface area (Å²) in [4.78, 5) is 4.38. The summed E-state index contributed by atoms with van der Waals surface area (Å²) in [7, 11) is 0. The van der Waals surface area contributed by atoms with Crippen LogP contribution in [0.15, 0.2) is 6.33 Å². The molecule has 0 aromatic carbocycles. The predicted molar refractivity (Wildman–Crippen MR) is 65.6 cm³/mol. The maximum atomic E-state index is 6.08. The van der Waals surface area contributed by atoms with Crippen LogP contribution in [0.4, 0.5) is 0 Å². The lowest BCUT2D eigenvalue weighted by Crippen LogP contribution is -2.34. The zero-order valence-electron chi connectivity index (χ0n) is 10.1. The number of halogens is 1. The highest BCUT2D eigenvalue weighted by Crippen LogP contribution is 2.44. The number of rotatable bonds is 5. The highest BCUT2D eigenvalue weighted by atomic mass is 35.5. The van der Waals surface area contributed by atoms with Gasteiger partial charge in [0.25, 0.3) is 0 Å². The summed E-state index contributed by atoms with van der Waals surface area (Å²) in [5.41, 5.74) is 0.309. The van der Waals surface area contributed by atoms with E-state index in [4.69, 9.17) is 11.6 Å². The number of alkyl halides is 1. The molecule has 0 N–H and O–H groups in total. The maximum Gasteiger partial charge on any atom is 0.138 e. The first kappa shape index (κ1) is 11.9. The molecule has 0 aliphatic heterocycles. The van der Waals surface area contributed by atoms with Gasteiger partial charge >= 0.3 is 0 Å². The molecule has 1 aromatic heterocycles. The third-order valence-electron chi connectivity index (χ3n) is 3.46. The first-order valence-corrected chi connectivity index (χ1v) is 6.61. The van der Waals surface area contributed by atoms with E-state index in [2.05, 4.69) is 23.9 Å². The molecule has 0 unspecified atom stereocenters. The third kappa shape index (κ3) is 2.40. The van der Waals surface area contributed by atoms with Crippen molar-refractivity contribution in [3.8, 4) is 0 Å². The summed E-state index contributed by atoms with van der Waals surface area (Å²) in [5, 5.41) is 4.30. The first-order valence-electron chi connectivity index (χ1n) is 6.08. The second kappa shape index (κ2) is 4.74. The van der Waals surface area contributed by atoms with Crippen molar-refractivity contribution in [3.05, 3.63) is 12.2 Å². The summed E-state index contributed by atoms with van der Waals surface area (Å²) in [5.74, 6) is 2.46. The van der Waals surface area contributed by atoms with Crippen molar-refractivity contribution in [1.82, 2.24) is 14.8 Å². The molecule has 0 spiro atoms. The lowest BCUT2D eigenvalue weighted by Gasteiger charge is -2.40. The standard InChI is InChI=1S/C12H20ClN3/c1-10(2)7-16-11(14-9-15-16)6-12(8-13)4-3-5-12/h9-10H,3-8H2,1-2H3. The highest BCUT2D eigenvalue weighted by Gasteiger charge is 2.37. The predicted octanol–water partition coefficient (Wildman–Crippen LogP) is 2.89. The highest BCUT2D eigenvalue weighted by molar-refractivity contribution is 6.18. The molecule has 1 heterocycles. The minimum atomic E-state index is 0.309. The van der Waals surface area contributed by atoms with Crippen LogP contribution in [-0.4, -0.2) is 20.6 Å². The first-order chi connectivity index (χ1) is 7.65. The molecule has 1 saturated carbocycles. The topological polar surface area (TPSA) is 30.7 Å². The Hall–Kier alpha value is -0.570.